The Labute approximate surface area is 101 Å². The molecule has 0 aromatic heterocycles. The van der Waals surface area contributed by atoms with Crippen molar-refractivity contribution in [2.45, 2.75) is 25.8 Å². The number of ether oxygens (including phenoxy) is 1. The van der Waals surface area contributed by atoms with Gasteiger partial charge in [-0.2, -0.15) is 0 Å². The lowest BCUT2D eigenvalue weighted by molar-refractivity contribution is -0.117. The summed E-state index contributed by atoms with van der Waals surface area (Å²) in [7, 11) is 1.50. The molecule has 0 aliphatic rings. The molecule has 0 saturated heterocycles. The molecule has 0 heterocycles. The van der Waals surface area contributed by atoms with E-state index in [1.807, 2.05) is 0 Å². The summed E-state index contributed by atoms with van der Waals surface area (Å²) in [5, 5.41) is 12.2. The van der Waals surface area contributed by atoms with E-state index in [9.17, 15) is 9.90 Å². The predicted molar refractivity (Wildman–Crippen MR) is 66.2 cm³/mol. The Morgan fingerprint density at radius 3 is 2.65 bits per heavy atom. The van der Waals surface area contributed by atoms with Crippen molar-refractivity contribution < 1.29 is 14.6 Å². The number of amides is 1. The average molecular weight is 238 g/mol. The van der Waals surface area contributed by atoms with Crippen LogP contribution in [-0.4, -0.2) is 23.7 Å². The number of carbonyl (C=O) groups is 1. The van der Waals surface area contributed by atoms with Crippen LogP contribution in [0.5, 0.6) is 11.5 Å². The van der Waals surface area contributed by atoms with Gasteiger partial charge in [-0.25, -0.2) is 0 Å². The zero-order valence-electron chi connectivity index (χ0n) is 10.3. The molecule has 0 bridgehead atoms. The fourth-order valence-electron chi connectivity index (χ4n) is 1.35. The summed E-state index contributed by atoms with van der Waals surface area (Å²) in [6.45, 7) is 3.53. The number of nitrogens with two attached hydrogens (primary N) is 1. The van der Waals surface area contributed by atoms with Crippen molar-refractivity contribution in [3.8, 4) is 11.5 Å². The van der Waals surface area contributed by atoms with Gasteiger partial charge in [0.15, 0.2) is 0 Å². The molecule has 0 unspecified atom stereocenters. The molecule has 0 aliphatic heterocycles. The van der Waals surface area contributed by atoms with Crippen molar-refractivity contribution in [1.29, 1.82) is 0 Å². The van der Waals surface area contributed by atoms with E-state index in [0.29, 0.717) is 11.4 Å². The van der Waals surface area contributed by atoms with Gasteiger partial charge in [0, 0.05) is 18.0 Å². The molecule has 0 fully saturated rings. The first kappa shape index (κ1) is 13.3. The van der Waals surface area contributed by atoms with Gasteiger partial charge in [0.1, 0.15) is 11.5 Å². The number of benzene rings is 1. The molecular weight excluding hydrogens is 220 g/mol. The number of phenolic OH excluding ortho intramolecular Hbond substituents is 1. The first-order valence-electron chi connectivity index (χ1n) is 5.27. The largest absolute Gasteiger partial charge is 0.506 e. The van der Waals surface area contributed by atoms with E-state index in [-0.39, 0.29) is 18.1 Å². The lowest BCUT2D eigenvalue weighted by atomic mass is 10.0. The second-order valence-electron chi connectivity index (χ2n) is 4.60. The van der Waals surface area contributed by atoms with E-state index in [1.165, 1.54) is 13.2 Å². The topological polar surface area (TPSA) is 84.6 Å². The minimum atomic E-state index is -0.577. The fourth-order valence-corrected chi connectivity index (χ4v) is 1.35. The molecule has 1 rings (SSSR count). The van der Waals surface area contributed by atoms with Crippen molar-refractivity contribution in [2.24, 2.45) is 5.73 Å². The monoisotopic (exact) mass is 238 g/mol. The van der Waals surface area contributed by atoms with Gasteiger partial charge in [0.05, 0.1) is 12.8 Å². The van der Waals surface area contributed by atoms with E-state index in [2.05, 4.69) is 5.32 Å². The van der Waals surface area contributed by atoms with Crippen LogP contribution >= 0.6 is 0 Å². The van der Waals surface area contributed by atoms with Gasteiger partial charge >= 0.3 is 0 Å². The van der Waals surface area contributed by atoms with Crippen molar-refractivity contribution in [2.75, 3.05) is 12.4 Å². The van der Waals surface area contributed by atoms with Gasteiger partial charge in [0.25, 0.3) is 0 Å². The van der Waals surface area contributed by atoms with Crippen LogP contribution in [-0.2, 0) is 4.79 Å². The number of nitrogens with one attached hydrogen (secondary N) is 1. The number of rotatable bonds is 4. The van der Waals surface area contributed by atoms with E-state index in [4.69, 9.17) is 10.5 Å². The standard InChI is InChI=1S/C12H18N2O3/c1-12(2,13)7-11(16)14-9-5-4-8(17-3)6-10(9)15/h4-6,15H,7,13H2,1-3H3,(H,14,16). The summed E-state index contributed by atoms with van der Waals surface area (Å²) < 4.78 is 4.94. The van der Waals surface area contributed by atoms with Crippen molar-refractivity contribution in [3.05, 3.63) is 18.2 Å². The molecule has 1 aromatic carbocycles. The molecule has 5 heteroatoms. The first-order valence-corrected chi connectivity index (χ1v) is 5.27. The van der Waals surface area contributed by atoms with Crippen LogP contribution in [0.4, 0.5) is 5.69 Å². The second-order valence-corrected chi connectivity index (χ2v) is 4.60. The van der Waals surface area contributed by atoms with Crippen LogP contribution in [0.2, 0.25) is 0 Å². The van der Waals surface area contributed by atoms with Crippen LogP contribution in [0.3, 0.4) is 0 Å². The Morgan fingerprint density at radius 2 is 2.18 bits per heavy atom. The highest BCUT2D eigenvalue weighted by Gasteiger charge is 2.17. The first-order chi connectivity index (χ1) is 7.81. The summed E-state index contributed by atoms with van der Waals surface area (Å²) in [6.07, 6.45) is 0.179. The van der Waals surface area contributed by atoms with Crippen LogP contribution in [0.15, 0.2) is 18.2 Å². The second kappa shape index (κ2) is 5.05. The summed E-state index contributed by atoms with van der Waals surface area (Å²) in [6, 6.07) is 4.67. The zero-order valence-corrected chi connectivity index (χ0v) is 10.3. The van der Waals surface area contributed by atoms with Gasteiger partial charge < -0.3 is 20.9 Å². The van der Waals surface area contributed by atoms with Crippen molar-refractivity contribution >= 4 is 11.6 Å². The van der Waals surface area contributed by atoms with E-state index >= 15 is 0 Å². The molecule has 0 saturated carbocycles. The third-order valence-electron chi connectivity index (χ3n) is 2.10. The van der Waals surface area contributed by atoms with Crippen molar-refractivity contribution in [1.82, 2.24) is 0 Å². The van der Waals surface area contributed by atoms with E-state index in [0.717, 1.165) is 0 Å². The lowest BCUT2D eigenvalue weighted by Crippen LogP contribution is -2.36. The summed E-state index contributed by atoms with van der Waals surface area (Å²) in [5.74, 6) is 0.255. The third-order valence-corrected chi connectivity index (χ3v) is 2.10. The highest BCUT2D eigenvalue weighted by Crippen LogP contribution is 2.28. The van der Waals surface area contributed by atoms with E-state index in [1.54, 1.807) is 26.0 Å². The molecule has 17 heavy (non-hydrogen) atoms. The summed E-state index contributed by atoms with van der Waals surface area (Å²) in [5.41, 5.74) is 5.50. The quantitative estimate of drug-likeness (QED) is 0.693. The number of anilines is 1. The molecular formula is C12H18N2O3. The van der Waals surface area contributed by atoms with Gasteiger partial charge in [-0.05, 0) is 26.0 Å². The molecule has 4 N–H and O–H groups in total. The number of hydrogen-bond donors (Lipinski definition) is 3. The fraction of sp³-hybridized carbons (Fsp3) is 0.417. The third kappa shape index (κ3) is 4.32. The molecule has 1 amide bonds. The predicted octanol–water partition coefficient (Wildman–Crippen LogP) is 1.47. The Hall–Kier alpha value is -1.75. The zero-order chi connectivity index (χ0) is 13.1. The number of hydrogen-bond acceptors (Lipinski definition) is 4. The SMILES string of the molecule is COc1ccc(NC(=O)CC(C)(C)N)c(O)c1. The summed E-state index contributed by atoms with van der Waals surface area (Å²) >= 11 is 0. The number of phenols is 1. The highest BCUT2D eigenvalue weighted by molar-refractivity contribution is 5.92. The Kier molecular flexibility index (Phi) is 3.96. The van der Waals surface area contributed by atoms with E-state index < -0.39 is 5.54 Å². The van der Waals surface area contributed by atoms with Crippen LogP contribution in [0, 0.1) is 0 Å². The van der Waals surface area contributed by atoms with Crippen LogP contribution in [0.25, 0.3) is 0 Å². The highest BCUT2D eigenvalue weighted by atomic mass is 16.5. The number of aromatic hydroxyl groups is 1. The minimum absolute atomic E-state index is 0.0347. The Bertz CT molecular complexity index is 411. The number of methoxy groups -OCH3 is 1. The molecule has 0 atom stereocenters. The maximum absolute atomic E-state index is 11.6. The lowest BCUT2D eigenvalue weighted by Gasteiger charge is -2.17. The molecule has 1 aromatic rings. The molecule has 5 nitrogen and oxygen atoms in total. The summed E-state index contributed by atoms with van der Waals surface area (Å²) in [4.78, 5) is 11.6. The van der Waals surface area contributed by atoms with Crippen molar-refractivity contribution in [3.63, 3.8) is 0 Å². The van der Waals surface area contributed by atoms with Crippen LogP contribution < -0.4 is 15.8 Å². The Balaban J connectivity index is 2.72. The molecule has 0 spiro atoms. The maximum atomic E-state index is 11.6. The normalized spacial score (nSPS) is 11.1. The smallest absolute Gasteiger partial charge is 0.226 e. The molecule has 0 radical (unpaired) electrons. The van der Waals surface area contributed by atoms with Gasteiger partial charge in [-0.3, -0.25) is 4.79 Å². The molecule has 94 valence electrons. The molecule has 0 aliphatic carbocycles. The van der Waals surface area contributed by atoms with Gasteiger partial charge in [-0.15, -0.1) is 0 Å². The maximum Gasteiger partial charge on any atom is 0.226 e. The average Bonchev–Trinajstić information content (AvgIpc) is 2.18. The Morgan fingerprint density at radius 1 is 1.53 bits per heavy atom. The number of carbonyl (C=O) groups excluding carboxylic acids is 1. The van der Waals surface area contributed by atoms with Crippen LogP contribution in [0.1, 0.15) is 20.3 Å². The van der Waals surface area contributed by atoms with Gasteiger partial charge in [-0.1, -0.05) is 0 Å². The van der Waals surface area contributed by atoms with Gasteiger partial charge in [0.2, 0.25) is 5.91 Å². The minimum Gasteiger partial charge on any atom is -0.506 e.